The SMILES string of the molecule is COc1ccc(C2=C(O)C(=O)N(Cc3ccco3)[C@@H]2c2cccc(Br)c2)cc1. The molecule has 0 saturated heterocycles. The van der Waals surface area contributed by atoms with Crippen LogP contribution in [0.4, 0.5) is 0 Å². The summed E-state index contributed by atoms with van der Waals surface area (Å²) in [5.74, 6) is 0.686. The summed E-state index contributed by atoms with van der Waals surface area (Å²) in [6.07, 6.45) is 1.57. The number of carbonyl (C=O) groups excluding carboxylic acids is 1. The molecule has 1 atom stereocenters. The molecule has 1 aliphatic rings. The molecule has 2 aromatic carbocycles. The van der Waals surface area contributed by atoms with Gasteiger partial charge in [0.2, 0.25) is 0 Å². The van der Waals surface area contributed by atoms with E-state index >= 15 is 0 Å². The zero-order valence-corrected chi connectivity index (χ0v) is 16.7. The van der Waals surface area contributed by atoms with E-state index in [-0.39, 0.29) is 12.3 Å². The van der Waals surface area contributed by atoms with Crippen molar-refractivity contribution in [1.29, 1.82) is 0 Å². The molecule has 0 spiro atoms. The van der Waals surface area contributed by atoms with Crippen LogP contribution >= 0.6 is 15.9 Å². The van der Waals surface area contributed by atoms with Gasteiger partial charge in [0, 0.05) is 10.0 Å². The van der Waals surface area contributed by atoms with E-state index < -0.39 is 11.9 Å². The number of methoxy groups -OCH3 is 1. The Balaban J connectivity index is 1.82. The molecule has 1 aromatic heterocycles. The Bertz CT molecular complexity index is 1020. The van der Waals surface area contributed by atoms with Gasteiger partial charge in [-0.15, -0.1) is 0 Å². The first kappa shape index (κ1) is 18.4. The number of benzene rings is 2. The van der Waals surface area contributed by atoms with Gasteiger partial charge in [-0.3, -0.25) is 4.79 Å². The Kier molecular flexibility index (Phi) is 4.96. The second kappa shape index (κ2) is 7.56. The highest BCUT2D eigenvalue weighted by molar-refractivity contribution is 9.10. The predicted octanol–water partition coefficient (Wildman–Crippen LogP) is 5.10. The monoisotopic (exact) mass is 439 g/mol. The number of amides is 1. The molecule has 1 aliphatic heterocycles. The maximum absolute atomic E-state index is 12.9. The van der Waals surface area contributed by atoms with E-state index in [9.17, 15) is 9.90 Å². The molecule has 0 radical (unpaired) electrons. The average Bonchev–Trinajstić information content (AvgIpc) is 3.30. The third kappa shape index (κ3) is 3.31. The summed E-state index contributed by atoms with van der Waals surface area (Å²) in [7, 11) is 1.60. The summed E-state index contributed by atoms with van der Waals surface area (Å²) in [5.41, 5.74) is 2.22. The van der Waals surface area contributed by atoms with Crippen molar-refractivity contribution < 1.29 is 19.1 Å². The van der Waals surface area contributed by atoms with Gasteiger partial charge in [-0.05, 0) is 47.5 Å². The molecule has 0 bridgehead atoms. The number of halogens is 1. The van der Waals surface area contributed by atoms with Crippen molar-refractivity contribution >= 4 is 27.4 Å². The minimum absolute atomic E-state index is 0.248. The molecule has 142 valence electrons. The first-order chi connectivity index (χ1) is 13.6. The molecule has 0 saturated carbocycles. The van der Waals surface area contributed by atoms with Gasteiger partial charge in [0.1, 0.15) is 11.5 Å². The highest BCUT2D eigenvalue weighted by Gasteiger charge is 2.41. The Morgan fingerprint density at radius 2 is 1.93 bits per heavy atom. The van der Waals surface area contributed by atoms with Crippen LogP contribution in [-0.2, 0) is 11.3 Å². The smallest absolute Gasteiger partial charge is 0.290 e. The predicted molar refractivity (Wildman–Crippen MR) is 109 cm³/mol. The highest BCUT2D eigenvalue weighted by atomic mass is 79.9. The number of rotatable bonds is 5. The van der Waals surface area contributed by atoms with Crippen molar-refractivity contribution in [3.8, 4) is 5.75 Å². The van der Waals surface area contributed by atoms with Crippen molar-refractivity contribution in [1.82, 2.24) is 4.90 Å². The number of hydrogen-bond donors (Lipinski definition) is 1. The molecule has 2 heterocycles. The molecule has 6 heteroatoms. The number of carbonyl (C=O) groups is 1. The molecule has 3 aromatic rings. The normalized spacial score (nSPS) is 16.7. The molecule has 1 N–H and O–H groups in total. The lowest BCUT2D eigenvalue weighted by Crippen LogP contribution is -2.29. The summed E-state index contributed by atoms with van der Waals surface area (Å²) in [4.78, 5) is 14.6. The lowest BCUT2D eigenvalue weighted by molar-refractivity contribution is -0.130. The fourth-order valence-corrected chi connectivity index (χ4v) is 3.89. The van der Waals surface area contributed by atoms with Crippen LogP contribution in [-0.4, -0.2) is 23.0 Å². The Morgan fingerprint density at radius 3 is 2.57 bits per heavy atom. The van der Waals surface area contributed by atoms with Crippen molar-refractivity contribution in [3.63, 3.8) is 0 Å². The Labute approximate surface area is 171 Å². The third-order valence-electron chi connectivity index (χ3n) is 4.78. The van der Waals surface area contributed by atoms with Gasteiger partial charge >= 0.3 is 0 Å². The van der Waals surface area contributed by atoms with Crippen LogP contribution in [0.25, 0.3) is 5.57 Å². The summed E-state index contributed by atoms with van der Waals surface area (Å²) in [6.45, 7) is 0.257. The molecule has 0 aliphatic carbocycles. The van der Waals surface area contributed by atoms with Gasteiger partial charge in [0.25, 0.3) is 5.91 Å². The number of ether oxygens (including phenoxy) is 1. The minimum Gasteiger partial charge on any atom is -0.503 e. The number of nitrogens with zero attached hydrogens (tertiary/aromatic N) is 1. The van der Waals surface area contributed by atoms with Crippen LogP contribution in [0, 0.1) is 0 Å². The number of aliphatic hydroxyl groups is 1. The van der Waals surface area contributed by atoms with E-state index in [1.807, 2.05) is 54.6 Å². The average molecular weight is 440 g/mol. The van der Waals surface area contributed by atoms with Crippen molar-refractivity contribution in [3.05, 3.63) is 94.0 Å². The molecule has 0 fully saturated rings. The summed E-state index contributed by atoms with van der Waals surface area (Å²) in [5, 5.41) is 10.8. The zero-order valence-electron chi connectivity index (χ0n) is 15.1. The van der Waals surface area contributed by atoms with E-state index in [4.69, 9.17) is 9.15 Å². The second-order valence-electron chi connectivity index (χ2n) is 6.46. The molecule has 0 unspecified atom stereocenters. The van der Waals surface area contributed by atoms with Crippen molar-refractivity contribution in [2.45, 2.75) is 12.6 Å². The van der Waals surface area contributed by atoms with Crippen molar-refractivity contribution in [2.75, 3.05) is 7.11 Å². The van der Waals surface area contributed by atoms with Gasteiger partial charge in [0.05, 0.1) is 26.0 Å². The fourth-order valence-electron chi connectivity index (χ4n) is 3.48. The van der Waals surface area contributed by atoms with Crippen LogP contribution in [0.15, 0.2) is 81.6 Å². The lowest BCUT2D eigenvalue weighted by Gasteiger charge is -2.27. The van der Waals surface area contributed by atoms with E-state index in [1.54, 1.807) is 24.3 Å². The summed E-state index contributed by atoms with van der Waals surface area (Å²) < 4.78 is 11.6. The van der Waals surface area contributed by atoms with Crippen LogP contribution in [0.2, 0.25) is 0 Å². The van der Waals surface area contributed by atoms with Crippen LogP contribution in [0.1, 0.15) is 22.9 Å². The van der Waals surface area contributed by atoms with Gasteiger partial charge in [0.15, 0.2) is 5.76 Å². The fraction of sp³-hybridized carbons (Fsp3) is 0.136. The minimum atomic E-state index is -0.441. The molecular formula is C22H18BrNO4. The van der Waals surface area contributed by atoms with Gasteiger partial charge < -0.3 is 19.2 Å². The Morgan fingerprint density at radius 1 is 1.14 bits per heavy atom. The van der Waals surface area contributed by atoms with E-state index in [1.165, 1.54) is 0 Å². The highest BCUT2D eigenvalue weighted by Crippen LogP contribution is 2.44. The first-order valence-corrected chi connectivity index (χ1v) is 9.54. The lowest BCUT2D eigenvalue weighted by atomic mass is 9.93. The number of aliphatic hydroxyl groups excluding tert-OH is 1. The van der Waals surface area contributed by atoms with Crippen LogP contribution in [0.3, 0.4) is 0 Å². The quantitative estimate of drug-likeness (QED) is 0.600. The largest absolute Gasteiger partial charge is 0.503 e. The van der Waals surface area contributed by atoms with E-state index in [0.29, 0.717) is 17.1 Å². The number of furan rings is 1. The standard InChI is InChI=1S/C22H18BrNO4/c1-27-17-9-7-14(8-10-17)19-20(15-4-2-5-16(23)12-15)24(22(26)21(19)25)13-18-6-3-11-28-18/h2-12,20,25H,13H2,1H3/t20-/m1/s1. The van der Waals surface area contributed by atoms with Crippen LogP contribution < -0.4 is 4.74 Å². The molecule has 4 rings (SSSR count). The molecule has 5 nitrogen and oxygen atoms in total. The van der Waals surface area contributed by atoms with Crippen LogP contribution in [0.5, 0.6) is 5.75 Å². The molecule has 28 heavy (non-hydrogen) atoms. The topological polar surface area (TPSA) is 62.9 Å². The maximum Gasteiger partial charge on any atom is 0.290 e. The zero-order chi connectivity index (χ0) is 19.7. The van der Waals surface area contributed by atoms with Gasteiger partial charge in [-0.2, -0.15) is 0 Å². The van der Waals surface area contributed by atoms with E-state index in [0.717, 1.165) is 15.6 Å². The summed E-state index contributed by atoms with van der Waals surface area (Å²) in [6, 6.07) is 18.2. The molecular weight excluding hydrogens is 422 g/mol. The van der Waals surface area contributed by atoms with Gasteiger partial charge in [-0.25, -0.2) is 0 Å². The Hall–Kier alpha value is -2.99. The number of hydrogen-bond acceptors (Lipinski definition) is 4. The second-order valence-corrected chi connectivity index (χ2v) is 7.38. The third-order valence-corrected chi connectivity index (χ3v) is 5.27. The summed E-state index contributed by atoms with van der Waals surface area (Å²) >= 11 is 3.50. The first-order valence-electron chi connectivity index (χ1n) is 8.75. The van der Waals surface area contributed by atoms with Crippen molar-refractivity contribution in [2.24, 2.45) is 0 Å². The van der Waals surface area contributed by atoms with E-state index in [2.05, 4.69) is 15.9 Å². The maximum atomic E-state index is 12.9. The van der Waals surface area contributed by atoms with Gasteiger partial charge in [-0.1, -0.05) is 40.2 Å². The molecule has 1 amide bonds.